The summed E-state index contributed by atoms with van der Waals surface area (Å²) in [6.07, 6.45) is 2.47. The van der Waals surface area contributed by atoms with E-state index in [1.807, 2.05) is 25.1 Å². The van der Waals surface area contributed by atoms with E-state index >= 15 is 0 Å². The van der Waals surface area contributed by atoms with Gasteiger partial charge in [0.15, 0.2) is 23.1 Å². The van der Waals surface area contributed by atoms with Gasteiger partial charge in [-0.05, 0) is 83.3 Å². The third-order valence-corrected chi connectivity index (χ3v) is 9.57. The lowest BCUT2D eigenvalue weighted by atomic mass is 9.63. The average Bonchev–Trinajstić information content (AvgIpc) is 2.86. The maximum Gasteiger partial charge on any atom is 0.175 e. The molecule has 42 heavy (non-hydrogen) atoms. The lowest BCUT2D eigenvalue weighted by molar-refractivity contribution is -0.119. The molecule has 0 unspecified atom stereocenters. The number of hydrogen-bond acceptors (Lipinski definition) is 5. The molecule has 0 fully saturated rings. The van der Waals surface area contributed by atoms with Crippen LogP contribution in [0.5, 0.6) is 11.5 Å². The van der Waals surface area contributed by atoms with Gasteiger partial charge in [-0.2, -0.15) is 0 Å². The molecule has 2 aliphatic carbocycles. The summed E-state index contributed by atoms with van der Waals surface area (Å²) < 4.78 is 13.0. The minimum Gasteiger partial charge on any atom is -0.490 e. The molecular formula is C34H38BrCl2NO4. The molecule has 1 heterocycles. The van der Waals surface area contributed by atoms with Crippen molar-refractivity contribution in [1.29, 1.82) is 0 Å². The number of nitrogens with zero attached hydrogens (tertiary/aromatic N) is 1. The normalized spacial score (nSPS) is 20.1. The number of carbonyl (C=O) groups excluding carboxylic acids is 2. The van der Waals surface area contributed by atoms with Crippen LogP contribution in [0.4, 0.5) is 0 Å². The standard InChI is InChI=1S/C34H38BrCl2NO4/c1-7-38-24-14-33(3,4)16-26(39)30(24)29(31-25(38)15-34(5,6)17-27(31)40)20-11-22(35)32(28(12-20)41-8-2)42-18-19-9-10-21(36)13-23(19)37/h9-13,29H,7-8,14-18H2,1-6H3. The summed E-state index contributed by atoms with van der Waals surface area (Å²) in [6.45, 7) is 14.0. The zero-order valence-electron chi connectivity index (χ0n) is 25.1. The molecule has 5 rings (SSSR count). The Labute approximate surface area is 267 Å². The average molecular weight is 675 g/mol. The van der Waals surface area contributed by atoms with Crippen molar-refractivity contribution >= 4 is 50.7 Å². The van der Waals surface area contributed by atoms with Crippen LogP contribution in [0.25, 0.3) is 0 Å². The van der Waals surface area contributed by atoms with Crippen LogP contribution >= 0.6 is 39.1 Å². The van der Waals surface area contributed by atoms with E-state index in [9.17, 15) is 9.59 Å². The molecule has 3 aliphatic rings. The summed E-state index contributed by atoms with van der Waals surface area (Å²) in [5.74, 6) is 0.844. The Hall–Kier alpha value is -2.28. The second kappa shape index (κ2) is 11.7. The Bertz CT molecular complexity index is 1470. The minimum atomic E-state index is -0.458. The molecule has 0 spiro atoms. The highest BCUT2D eigenvalue weighted by Gasteiger charge is 2.48. The van der Waals surface area contributed by atoms with Crippen LogP contribution in [0.3, 0.4) is 0 Å². The van der Waals surface area contributed by atoms with Crippen LogP contribution in [0.15, 0.2) is 57.3 Å². The predicted molar refractivity (Wildman–Crippen MR) is 171 cm³/mol. The van der Waals surface area contributed by atoms with Gasteiger partial charge in [-0.1, -0.05) is 57.0 Å². The second-order valence-electron chi connectivity index (χ2n) is 13.1. The first-order chi connectivity index (χ1) is 19.7. The molecule has 0 saturated carbocycles. The molecule has 2 aromatic rings. The number of halogens is 3. The number of rotatable bonds is 7. The zero-order chi connectivity index (χ0) is 30.6. The molecule has 0 atom stereocenters. The van der Waals surface area contributed by atoms with Gasteiger partial charge in [0, 0.05) is 63.5 Å². The third kappa shape index (κ3) is 5.92. The SMILES string of the molecule is CCOc1cc(C2C3=C(CC(C)(C)CC3=O)N(CC)C3=C2C(=O)CC(C)(C)C3)cc(Br)c1OCc1ccc(Cl)cc1Cl. The molecule has 1 aliphatic heterocycles. The fourth-order valence-electron chi connectivity index (χ4n) is 6.71. The van der Waals surface area contributed by atoms with Crippen molar-refractivity contribution in [1.82, 2.24) is 4.90 Å². The number of ketones is 2. The lowest BCUT2D eigenvalue weighted by Gasteiger charge is -2.49. The highest BCUT2D eigenvalue weighted by atomic mass is 79.9. The molecule has 8 heteroatoms. The molecule has 0 radical (unpaired) electrons. The van der Waals surface area contributed by atoms with Gasteiger partial charge in [-0.25, -0.2) is 0 Å². The molecule has 0 amide bonds. The Kier molecular flexibility index (Phi) is 8.65. The molecule has 2 aromatic carbocycles. The first-order valence-electron chi connectivity index (χ1n) is 14.6. The maximum atomic E-state index is 14.0. The van der Waals surface area contributed by atoms with E-state index in [1.165, 1.54) is 0 Å². The number of Topliss-reactive ketones (excluding diaryl/α,β-unsaturated/α-hetero) is 2. The van der Waals surface area contributed by atoms with Crippen LogP contribution in [0.1, 0.15) is 84.3 Å². The summed E-state index contributed by atoms with van der Waals surface area (Å²) in [4.78, 5) is 30.2. The molecule has 0 aromatic heterocycles. The van der Waals surface area contributed by atoms with Gasteiger partial charge in [0.2, 0.25) is 0 Å². The molecule has 0 N–H and O–H groups in total. The summed E-state index contributed by atoms with van der Waals surface area (Å²) in [6, 6.07) is 9.21. The van der Waals surface area contributed by atoms with Crippen molar-refractivity contribution in [2.45, 2.75) is 79.8 Å². The molecule has 0 bridgehead atoms. The van der Waals surface area contributed by atoms with E-state index in [0.29, 0.717) is 52.0 Å². The van der Waals surface area contributed by atoms with Gasteiger partial charge in [0.25, 0.3) is 0 Å². The topological polar surface area (TPSA) is 55.8 Å². The Balaban J connectivity index is 1.65. The predicted octanol–water partition coefficient (Wildman–Crippen LogP) is 9.44. The van der Waals surface area contributed by atoms with E-state index in [0.717, 1.165) is 46.5 Å². The van der Waals surface area contributed by atoms with Crippen molar-refractivity contribution in [2.75, 3.05) is 13.2 Å². The summed E-state index contributed by atoms with van der Waals surface area (Å²) in [5, 5.41) is 1.08. The highest BCUT2D eigenvalue weighted by molar-refractivity contribution is 9.10. The fourth-order valence-corrected chi connectivity index (χ4v) is 7.75. The van der Waals surface area contributed by atoms with Crippen molar-refractivity contribution < 1.29 is 19.1 Å². The van der Waals surface area contributed by atoms with Crippen LogP contribution in [-0.2, 0) is 16.2 Å². The van der Waals surface area contributed by atoms with Gasteiger partial charge in [0.05, 0.1) is 11.1 Å². The summed E-state index contributed by atoms with van der Waals surface area (Å²) in [5.41, 5.74) is 4.94. The van der Waals surface area contributed by atoms with E-state index in [2.05, 4.69) is 55.4 Å². The molecule has 5 nitrogen and oxygen atoms in total. The zero-order valence-corrected chi connectivity index (χ0v) is 28.2. The fraction of sp³-hybridized carbons (Fsp3) is 0.471. The number of carbonyl (C=O) groups is 2. The Morgan fingerprint density at radius 2 is 1.48 bits per heavy atom. The van der Waals surface area contributed by atoms with E-state index in [1.54, 1.807) is 12.1 Å². The molecular weight excluding hydrogens is 637 g/mol. The lowest BCUT2D eigenvalue weighted by Crippen LogP contribution is -2.44. The largest absolute Gasteiger partial charge is 0.490 e. The number of hydrogen-bond donors (Lipinski definition) is 0. The Morgan fingerprint density at radius 3 is 2.00 bits per heavy atom. The smallest absolute Gasteiger partial charge is 0.175 e. The monoisotopic (exact) mass is 673 g/mol. The second-order valence-corrected chi connectivity index (χ2v) is 14.8. The first kappa shape index (κ1) is 31.2. The molecule has 0 saturated heterocycles. The summed E-state index contributed by atoms with van der Waals surface area (Å²) >= 11 is 16.2. The van der Waals surface area contributed by atoms with Crippen molar-refractivity contribution in [3.8, 4) is 11.5 Å². The third-order valence-electron chi connectivity index (χ3n) is 8.39. The van der Waals surface area contributed by atoms with Crippen molar-refractivity contribution in [3.63, 3.8) is 0 Å². The minimum absolute atomic E-state index is 0.112. The van der Waals surface area contributed by atoms with Gasteiger partial charge < -0.3 is 14.4 Å². The van der Waals surface area contributed by atoms with Gasteiger partial charge >= 0.3 is 0 Å². The quantitative estimate of drug-likeness (QED) is 0.293. The van der Waals surface area contributed by atoms with Crippen LogP contribution < -0.4 is 9.47 Å². The van der Waals surface area contributed by atoms with Crippen LogP contribution in [0, 0.1) is 10.8 Å². The van der Waals surface area contributed by atoms with Gasteiger partial charge in [-0.3, -0.25) is 9.59 Å². The summed E-state index contributed by atoms with van der Waals surface area (Å²) in [7, 11) is 0. The van der Waals surface area contributed by atoms with E-state index in [4.69, 9.17) is 32.7 Å². The first-order valence-corrected chi connectivity index (χ1v) is 16.1. The Morgan fingerprint density at radius 1 is 0.881 bits per heavy atom. The van der Waals surface area contributed by atoms with Crippen molar-refractivity contribution in [3.05, 3.63) is 78.5 Å². The number of ether oxygens (including phenoxy) is 2. The number of allylic oxidation sites excluding steroid dienone is 4. The van der Waals surface area contributed by atoms with E-state index < -0.39 is 5.92 Å². The molecule has 224 valence electrons. The highest BCUT2D eigenvalue weighted by Crippen LogP contribution is 2.55. The van der Waals surface area contributed by atoms with Crippen LogP contribution in [0.2, 0.25) is 10.0 Å². The van der Waals surface area contributed by atoms with Gasteiger partial charge in [0.1, 0.15) is 6.61 Å². The number of benzene rings is 2. The van der Waals surface area contributed by atoms with Gasteiger partial charge in [-0.15, -0.1) is 0 Å². The van der Waals surface area contributed by atoms with Crippen molar-refractivity contribution in [2.24, 2.45) is 10.8 Å². The van der Waals surface area contributed by atoms with Crippen LogP contribution in [-0.4, -0.2) is 29.6 Å². The maximum absolute atomic E-state index is 14.0. The van der Waals surface area contributed by atoms with E-state index in [-0.39, 0.29) is 29.0 Å².